The van der Waals surface area contributed by atoms with E-state index in [2.05, 4.69) is 15.0 Å². The summed E-state index contributed by atoms with van der Waals surface area (Å²) in [6, 6.07) is 7.40. The number of fused-ring (bicyclic) bond motifs is 1. The van der Waals surface area contributed by atoms with Crippen LogP contribution >= 0.6 is 11.8 Å². The summed E-state index contributed by atoms with van der Waals surface area (Å²) >= 11 is 1.22. The van der Waals surface area contributed by atoms with Crippen molar-refractivity contribution < 1.29 is 14.3 Å². The van der Waals surface area contributed by atoms with Gasteiger partial charge >= 0.3 is 5.97 Å². The molecule has 3 rings (SSSR count). The van der Waals surface area contributed by atoms with Gasteiger partial charge < -0.3 is 10.1 Å². The Morgan fingerprint density at radius 1 is 1.26 bits per heavy atom. The molecule has 27 heavy (non-hydrogen) atoms. The Balaban J connectivity index is 1.85. The molecule has 1 aliphatic rings. The summed E-state index contributed by atoms with van der Waals surface area (Å²) in [7, 11) is 1.27. The van der Waals surface area contributed by atoms with Gasteiger partial charge in [0.2, 0.25) is 5.91 Å². The van der Waals surface area contributed by atoms with Crippen molar-refractivity contribution in [2.45, 2.75) is 43.3 Å². The first kappa shape index (κ1) is 19.4. The van der Waals surface area contributed by atoms with E-state index in [-0.39, 0.29) is 29.8 Å². The number of carbonyl (C=O) groups is 2. The highest BCUT2D eigenvalue weighted by molar-refractivity contribution is 7.99. The molecule has 2 aromatic rings. The van der Waals surface area contributed by atoms with Gasteiger partial charge in [0, 0.05) is 6.04 Å². The molecule has 1 heterocycles. The van der Waals surface area contributed by atoms with E-state index in [1.165, 1.54) is 25.3 Å². The molecule has 0 saturated heterocycles. The topological polar surface area (TPSA) is 90.3 Å². The molecule has 8 heteroatoms. The normalized spacial score (nSPS) is 14.9. The van der Waals surface area contributed by atoms with Crippen molar-refractivity contribution >= 4 is 34.5 Å². The first-order chi connectivity index (χ1) is 13.1. The summed E-state index contributed by atoms with van der Waals surface area (Å²) in [5.74, 6) is -0.728. The van der Waals surface area contributed by atoms with Crippen LogP contribution in [0.3, 0.4) is 0 Å². The highest BCUT2D eigenvalue weighted by Crippen LogP contribution is 2.30. The number of benzene rings is 1. The number of rotatable bonds is 6. The summed E-state index contributed by atoms with van der Waals surface area (Å²) in [5, 5.41) is 3.66. The first-order valence-electron chi connectivity index (χ1n) is 9.07. The number of nitrogens with zero attached hydrogens (tertiary/aromatic N) is 2. The third-order valence-electron chi connectivity index (χ3n) is 4.71. The summed E-state index contributed by atoms with van der Waals surface area (Å²) in [4.78, 5) is 40.9. The third kappa shape index (κ3) is 4.68. The van der Waals surface area contributed by atoms with E-state index in [9.17, 15) is 14.4 Å². The van der Waals surface area contributed by atoms with Crippen LogP contribution in [0.1, 0.15) is 38.1 Å². The molecule has 1 saturated carbocycles. The third-order valence-corrected chi connectivity index (χ3v) is 5.66. The van der Waals surface area contributed by atoms with Crippen molar-refractivity contribution in [1.82, 2.24) is 14.9 Å². The highest BCUT2D eigenvalue weighted by Gasteiger charge is 2.22. The number of hydrogen-bond acceptors (Lipinski definition) is 6. The standard InChI is InChI=1S/C19H23N3O4S/c1-26-17(24)11-20-16(23)12-27-19-21-15-10-6-5-9-14(15)18(25)22(19)13-7-3-2-4-8-13/h5-6,9-10,13H,2-4,7-8,11-12H2,1H3,(H,20,23). The van der Waals surface area contributed by atoms with Crippen LogP contribution < -0.4 is 10.9 Å². The van der Waals surface area contributed by atoms with Gasteiger partial charge in [-0.05, 0) is 25.0 Å². The summed E-state index contributed by atoms with van der Waals surface area (Å²) in [5.41, 5.74) is 0.581. The molecule has 144 valence electrons. The zero-order chi connectivity index (χ0) is 19.2. The van der Waals surface area contributed by atoms with E-state index >= 15 is 0 Å². The van der Waals surface area contributed by atoms with E-state index in [1.54, 1.807) is 10.6 Å². The van der Waals surface area contributed by atoms with Crippen molar-refractivity contribution in [1.29, 1.82) is 0 Å². The first-order valence-corrected chi connectivity index (χ1v) is 10.1. The molecule has 0 unspecified atom stereocenters. The SMILES string of the molecule is COC(=O)CNC(=O)CSc1nc2ccccc2c(=O)n1C1CCCCC1. The largest absolute Gasteiger partial charge is 0.468 e. The number of ether oxygens (including phenoxy) is 1. The van der Waals surface area contributed by atoms with Crippen molar-refractivity contribution in [2.24, 2.45) is 0 Å². The molecule has 1 fully saturated rings. The molecule has 1 N–H and O–H groups in total. The lowest BCUT2D eigenvalue weighted by molar-refractivity contribution is -0.140. The van der Waals surface area contributed by atoms with Crippen molar-refractivity contribution in [2.75, 3.05) is 19.4 Å². The lowest BCUT2D eigenvalue weighted by atomic mass is 9.95. The Morgan fingerprint density at radius 3 is 2.74 bits per heavy atom. The molecule has 0 spiro atoms. The number of carbonyl (C=O) groups excluding carboxylic acids is 2. The van der Waals surface area contributed by atoms with Crippen LogP contribution in [0.5, 0.6) is 0 Å². The molecule has 7 nitrogen and oxygen atoms in total. The van der Waals surface area contributed by atoms with Crippen LogP contribution in [-0.4, -0.2) is 40.8 Å². The van der Waals surface area contributed by atoms with Gasteiger partial charge in [0.05, 0.1) is 23.8 Å². The Hall–Kier alpha value is -2.35. The van der Waals surface area contributed by atoms with Gasteiger partial charge in [0.25, 0.3) is 5.56 Å². The number of para-hydroxylation sites is 1. The van der Waals surface area contributed by atoms with Crippen LogP contribution in [0.2, 0.25) is 0 Å². The van der Waals surface area contributed by atoms with Crippen LogP contribution in [-0.2, 0) is 14.3 Å². The molecule has 0 radical (unpaired) electrons. The number of esters is 1. The fourth-order valence-corrected chi connectivity index (χ4v) is 4.21. The number of thioether (sulfide) groups is 1. The van der Waals surface area contributed by atoms with E-state index < -0.39 is 5.97 Å². The van der Waals surface area contributed by atoms with Gasteiger partial charge in [0.1, 0.15) is 6.54 Å². The lowest BCUT2D eigenvalue weighted by Gasteiger charge is -2.26. The fraction of sp³-hybridized carbons (Fsp3) is 0.474. The fourth-order valence-electron chi connectivity index (χ4n) is 3.31. The predicted octanol–water partition coefficient (Wildman–Crippen LogP) is 2.28. The van der Waals surface area contributed by atoms with Crippen LogP contribution in [0.25, 0.3) is 10.9 Å². The molecule has 1 aliphatic carbocycles. The molecule has 1 aromatic heterocycles. The average Bonchev–Trinajstić information content (AvgIpc) is 2.71. The smallest absolute Gasteiger partial charge is 0.325 e. The molecule has 1 aromatic carbocycles. The summed E-state index contributed by atoms with van der Waals surface area (Å²) < 4.78 is 6.27. The Kier molecular flexibility index (Phi) is 6.49. The molecule has 0 atom stereocenters. The maximum atomic E-state index is 13.1. The quantitative estimate of drug-likeness (QED) is 0.463. The maximum absolute atomic E-state index is 13.1. The maximum Gasteiger partial charge on any atom is 0.325 e. The van der Waals surface area contributed by atoms with E-state index in [0.717, 1.165) is 25.7 Å². The minimum absolute atomic E-state index is 0.0510. The second-order valence-corrected chi connectivity index (χ2v) is 7.46. The van der Waals surface area contributed by atoms with Gasteiger partial charge in [-0.2, -0.15) is 0 Å². The van der Waals surface area contributed by atoms with Gasteiger partial charge in [0.15, 0.2) is 5.16 Å². The zero-order valence-electron chi connectivity index (χ0n) is 15.3. The molecule has 0 aliphatic heterocycles. The second-order valence-electron chi connectivity index (χ2n) is 6.52. The lowest BCUT2D eigenvalue weighted by Crippen LogP contribution is -2.32. The summed E-state index contributed by atoms with van der Waals surface area (Å²) in [6.07, 6.45) is 5.26. The minimum atomic E-state index is -0.503. The molecular weight excluding hydrogens is 366 g/mol. The minimum Gasteiger partial charge on any atom is -0.468 e. The average molecular weight is 389 g/mol. The van der Waals surface area contributed by atoms with Crippen LogP contribution in [0.15, 0.2) is 34.2 Å². The predicted molar refractivity (Wildman–Crippen MR) is 104 cm³/mol. The van der Waals surface area contributed by atoms with Crippen molar-refractivity contribution in [3.8, 4) is 0 Å². The van der Waals surface area contributed by atoms with Crippen LogP contribution in [0, 0.1) is 0 Å². The van der Waals surface area contributed by atoms with Gasteiger partial charge in [-0.1, -0.05) is 43.2 Å². The summed E-state index contributed by atoms with van der Waals surface area (Å²) in [6.45, 7) is -0.170. The highest BCUT2D eigenvalue weighted by atomic mass is 32.2. The van der Waals surface area contributed by atoms with E-state index in [0.29, 0.717) is 16.1 Å². The van der Waals surface area contributed by atoms with Gasteiger partial charge in [-0.3, -0.25) is 19.0 Å². The zero-order valence-corrected chi connectivity index (χ0v) is 16.1. The number of amides is 1. The molecule has 1 amide bonds. The van der Waals surface area contributed by atoms with Crippen molar-refractivity contribution in [3.63, 3.8) is 0 Å². The number of methoxy groups -OCH3 is 1. The molecule has 0 bridgehead atoms. The van der Waals surface area contributed by atoms with Crippen LogP contribution in [0.4, 0.5) is 0 Å². The van der Waals surface area contributed by atoms with E-state index in [4.69, 9.17) is 0 Å². The van der Waals surface area contributed by atoms with Gasteiger partial charge in [-0.15, -0.1) is 0 Å². The Morgan fingerprint density at radius 2 is 2.00 bits per heavy atom. The van der Waals surface area contributed by atoms with E-state index in [1.807, 2.05) is 18.2 Å². The number of hydrogen-bond donors (Lipinski definition) is 1. The monoisotopic (exact) mass is 389 g/mol. The Labute approximate surface area is 161 Å². The second kappa shape index (κ2) is 9.03. The van der Waals surface area contributed by atoms with Gasteiger partial charge in [-0.25, -0.2) is 4.98 Å². The Bertz CT molecular complexity index is 890. The number of aromatic nitrogens is 2. The molecular formula is C19H23N3O4S. The number of nitrogens with one attached hydrogen (secondary N) is 1. The van der Waals surface area contributed by atoms with Crippen molar-refractivity contribution in [3.05, 3.63) is 34.6 Å².